The number of aryl methyl sites for hydroxylation is 1. The molecule has 1 amide bonds. The predicted octanol–water partition coefficient (Wildman–Crippen LogP) is 6.09. The summed E-state index contributed by atoms with van der Waals surface area (Å²) in [7, 11) is 0. The molecule has 0 radical (unpaired) electrons. The van der Waals surface area contributed by atoms with Gasteiger partial charge < -0.3 is 5.32 Å². The number of amides is 1. The number of unbranched alkanes of at least 4 members (excludes halogenated alkanes) is 2. The standard InChI is InChI=1S/C22H27NO/c1-3-5-7-9-19-10-14-20(15-11-19)22(24)23-21-16-12-18(13-17-21)8-6-4-2/h7,9-17H,3-6,8H2,1-2H3,(H,23,24). The third-order valence-electron chi connectivity index (χ3n) is 3.97. The molecule has 126 valence electrons. The van der Waals surface area contributed by atoms with E-state index in [-0.39, 0.29) is 5.91 Å². The van der Waals surface area contributed by atoms with E-state index in [2.05, 4.69) is 43.4 Å². The van der Waals surface area contributed by atoms with Gasteiger partial charge in [-0.2, -0.15) is 0 Å². The third kappa shape index (κ3) is 5.69. The number of anilines is 1. The molecule has 2 aromatic rings. The van der Waals surface area contributed by atoms with Crippen LogP contribution < -0.4 is 5.32 Å². The smallest absolute Gasteiger partial charge is 0.255 e. The zero-order chi connectivity index (χ0) is 17.2. The second kappa shape index (κ2) is 9.71. The molecule has 0 spiro atoms. The fourth-order valence-electron chi connectivity index (χ4n) is 2.47. The van der Waals surface area contributed by atoms with Crippen LogP contribution >= 0.6 is 0 Å². The molecule has 24 heavy (non-hydrogen) atoms. The highest BCUT2D eigenvalue weighted by Gasteiger charge is 2.05. The molecule has 0 aliphatic heterocycles. The Kier molecular flexibility index (Phi) is 7.28. The van der Waals surface area contributed by atoms with Gasteiger partial charge in [0, 0.05) is 11.3 Å². The Hall–Kier alpha value is -2.35. The average molecular weight is 321 g/mol. The summed E-state index contributed by atoms with van der Waals surface area (Å²) in [6.07, 6.45) is 9.98. The number of carbonyl (C=O) groups is 1. The summed E-state index contributed by atoms with van der Waals surface area (Å²) in [4.78, 5) is 12.3. The van der Waals surface area contributed by atoms with Crippen LogP contribution in [0, 0.1) is 0 Å². The van der Waals surface area contributed by atoms with Crippen LogP contribution in [0.2, 0.25) is 0 Å². The molecule has 1 N–H and O–H groups in total. The van der Waals surface area contributed by atoms with Gasteiger partial charge in [0.1, 0.15) is 0 Å². The fraction of sp³-hybridized carbons (Fsp3) is 0.318. The van der Waals surface area contributed by atoms with Crippen molar-refractivity contribution in [1.82, 2.24) is 0 Å². The summed E-state index contributed by atoms with van der Waals surface area (Å²) in [6.45, 7) is 4.35. The highest BCUT2D eigenvalue weighted by molar-refractivity contribution is 6.04. The topological polar surface area (TPSA) is 29.1 Å². The van der Waals surface area contributed by atoms with Crippen LogP contribution in [0.25, 0.3) is 6.08 Å². The van der Waals surface area contributed by atoms with E-state index < -0.39 is 0 Å². The lowest BCUT2D eigenvalue weighted by Crippen LogP contribution is -2.11. The lowest BCUT2D eigenvalue weighted by atomic mass is 10.1. The van der Waals surface area contributed by atoms with Gasteiger partial charge in [-0.15, -0.1) is 0 Å². The van der Waals surface area contributed by atoms with Crippen LogP contribution in [0.4, 0.5) is 5.69 Å². The van der Waals surface area contributed by atoms with E-state index >= 15 is 0 Å². The molecule has 0 aliphatic rings. The van der Waals surface area contributed by atoms with Crippen LogP contribution in [0.1, 0.15) is 61.0 Å². The van der Waals surface area contributed by atoms with Crippen molar-refractivity contribution in [2.45, 2.75) is 46.0 Å². The molecule has 0 saturated heterocycles. The number of allylic oxidation sites excluding steroid dienone is 1. The zero-order valence-corrected chi connectivity index (χ0v) is 14.7. The van der Waals surface area contributed by atoms with Crippen molar-refractivity contribution in [3.8, 4) is 0 Å². The van der Waals surface area contributed by atoms with Crippen molar-refractivity contribution < 1.29 is 4.79 Å². The second-order valence-corrected chi connectivity index (χ2v) is 6.07. The summed E-state index contributed by atoms with van der Waals surface area (Å²) in [5.41, 5.74) is 3.96. The highest BCUT2D eigenvalue weighted by atomic mass is 16.1. The Bertz CT molecular complexity index is 653. The van der Waals surface area contributed by atoms with Crippen molar-refractivity contribution in [3.63, 3.8) is 0 Å². The lowest BCUT2D eigenvalue weighted by Gasteiger charge is -2.07. The molecule has 0 atom stereocenters. The minimum atomic E-state index is -0.0691. The van der Waals surface area contributed by atoms with Crippen molar-refractivity contribution in [2.24, 2.45) is 0 Å². The van der Waals surface area contributed by atoms with E-state index in [1.54, 1.807) is 0 Å². The van der Waals surface area contributed by atoms with Gasteiger partial charge in [0.2, 0.25) is 0 Å². The lowest BCUT2D eigenvalue weighted by molar-refractivity contribution is 0.102. The third-order valence-corrected chi connectivity index (χ3v) is 3.97. The van der Waals surface area contributed by atoms with Crippen LogP contribution in [0.15, 0.2) is 54.6 Å². The molecule has 2 heteroatoms. The molecule has 0 aromatic heterocycles. The summed E-state index contributed by atoms with van der Waals surface area (Å²) < 4.78 is 0. The van der Waals surface area contributed by atoms with Gasteiger partial charge in [-0.3, -0.25) is 4.79 Å². The first kappa shape index (κ1) is 18.0. The number of hydrogen-bond acceptors (Lipinski definition) is 1. The summed E-state index contributed by atoms with van der Waals surface area (Å²) in [6, 6.07) is 15.8. The van der Waals surface area contributed by atoms with Crippen molar-refractivity contribution in [3.05, 3.63) is 71.3 Å². The van der Waals surface area contributed by atoms with E-state index in [9.17, 15) is 4.79 Å². The van der Waals surface area contributed by atoms with Crippen molar-refractivity contribution in [1.29, 1.82) is 0 Å². The maximum atomic E-state index is 12.3. The van der Waals surface area contributed by atoms with Gasteiger partial charge >= 0.3 is 0 Å². The largest absolute Gasteiger partial charge is 0.322 e. The fourth-order valence-corrected chi connectivity index (χ4v) is 2.47. The monoisotopic (exact) mass is 321 g/mol. The van der Waals surface area contributed by atoms with Crippen LogP contribution in [-0.4, -0.2) is 5.91 Å². The average Bonchev–Trinajstić information content (AvgIpc) is 2.62. The van der Waals surface area contributed by atoms with Crippen LogP contribution in [0.3, 0.4) is 0 Å². The minimum absolute atomic E-state index is 0.0691. The number of benzene rings is 2. The molecule has 0 bridgehead atoms. The van der Waals surface area contributed by atoms with Crippen molar-refractivity contribution >= 4 is 17.7 Å². The summed E-state index contributed by atoms with van der Waals surface area (Å²) >= 11 is 0. The quantitative estimate of drug-likeness (QED) is 0.626. The number of hydrogen-bond donors (Lipinski definition) is 1. The van der Waals surface area contributed by atoms with Gasteiger partial charge in [-0.05, 0) is 54.7 Å². The van der Waals surface area contributed by atoms with Gasteiger partial charge in [0.25, 0.3) is 5.91 Å². The van der Waals surface area contributed by atoms with Crippen LogP contribution in [-0.2, 0) is 6.42 Å². The van der Waals surface area contributed by atoms with Crippen molar-refractivity contribution in [2.75, 3.05) is 5.32 Å². The van der Waals surface area contributed by atoms with E-state index in [1.165, 1.54) is 18.4 Å². The first-order valence-corrected chi connectivity index (χ1v) is 8.89. The first-order chi connectivity index (χ1) is 11.7. The highest BCUT2D eigenvalue weighted by Crippen LogP contribution is 2.14. The van der Waals surface area contributed by atoms with Gasteiger partial charge in [0.15, 0.2) is 0 Å². The number of rotatable bonds is 8. The molecule has 2 rings (SSSR count). The SMILES string of the molecule is CCCC=Cc1ccc(C(=O)Nc2ccc(CCCC)cc2)cc1. The molecule has 0 heterocycles. The van der Waals surface area contributed by atoms with Gasteiger partial charge in [0.05, 0.1) is 0 Å². The second-order valence-electron chi connectivity index (χ2n) is 6.07. The molecule has 0 aliphatic carbocycles. The molecule has 2 nitrogen and oxygen atoms in total. The summed E-state index contributed by atoms with van der Waals surface area (Å²) in [5, 5.41) is 2.96. The number of carbonyl (C=O) groups excluding carboxylic acids is 1. The Labute approximate surface area is 145 Å². The first-order valence-electron chi connectivity index (χ1n) is 8.89. The maximum absolute atomic E-state index is 12.3. The summed E-state index contributed by atoms with van der Waals surface area (Å²) in [5.74, 6) is -0.0691. The normalized spacial score (nSPS) is 10.9. The Balaban J connectivity index is 1.94. The number of nitrogens with one attached hydrogen (secondary N) is 1. The van der Waals surface area contributed by atoms with E-state index in [1.807, 2.05) is 36.4 Å². The molecule has 0 fully saturated rings. The van der Waals surface area contributed by atoms with Gasteiger partial charge in [-0.25, -0.2) is 0 Å². The zero-order valence-electron chi connectivity index (χ0n) is 14.7. The minimum Gasteiger partial charge on any atom is -0.322 e. The van der Waals surface area contributed by atoms with Crippen LogP contribution in [0.5, 0.6) is 0 Å². The Morgan fingerprint density at radius 2 is 1.67 bits per heavy atom. The molecule has 2 aromatic carbocycles. The van der Waals surface area contributed by atoms with E-state index in [0.717, 1.165) is 30.5 Å². The molecular formula is C22H27NO. The molecular weight excluding hydrogens is 294 g/mol. The van der Waals surface area contributed by atoms with E-state index in [0.29, 0.717) is 5.56 Å². The molecule has 0 saturated carbocycles. The maximum Gasteiger partial charge on any atom is 0.255 e. The molecule has 0 unspecified atom stereocenters. The van der Waals surface area contributed by atoms with E-state index in [4.69, 9.17) is 0 Å². The Morgan fingerprint density at radius 1 is 0.958 bits per heavy atom. The predicted molar refractivity (Wildman–Crippen MR) is 103 cm³/mol. The Morgan fingerprint density at radius 3 is 2.29 bits per heavy atom. The van der Waals surface area contributed by atoms with Gasteiger partial charge in [-0.1, -0.05) is 63.1 Å².